The van der Waals surface area contributed by atoms with Gasteiger partial charge in [-0.3, -0.25) is 0 Å². The SMILES string of the molecule is Cc1ccccc1-c1ccc(CC[SiH](C)C)cc1C. The molecule has 0 nitrogen and oxygen atoms in total. The summed E-state index contributed by atoms with van der Waals surface area (Å²) in [6.45, 7) is 9.27. The number of rotatable bonds is 4. The second-order valence-electron chi connectivity index (χ2n) is 5.90. The van der Waals surface area contributed by atoms with Crippen LogP contribution < -0.4 is 0 Å². The average Bonchev–Trinajstić information content (AvgIpc) is 2.38. The van der Waals surface area contributed by atoms with Crippen molar-refractivity contribution in [1.29, 1.82) is 0 Å². The quantitative estimate of drug-likeness (QED) is 0.685. The molecule has 19 heavy (non-hydrogen) atoms. The molecule has 0 bridgehead atoms. The van der Waals surface area contributed by atoms with Gasteiger partial charge in [0.15, 0.2) is 0 Å². The van der Waals surface area contributed by atoms with E-state index in [0.29, 0.717) is 0 Å². The van der Waals surface area contributed by atoms with E-state index in [9.17, 15) is 0 Å². The van der Waals surface area contributed by atoms with Gasteiger partial charge in [0.05, 0.1) is 0 Å². The highest BCUT2D eigenvalue weighted by molar-refractivity contribution is 6.55. The highest BCUT2D eigenvalue weighted by atomic mass is 28.3. The molecule has 0 amide bonds. The molecule has 2 rings (SSSR count). The van der Waals surface area contributed by atoms with Crippen molar-refractivity contribution in [2.24, 2.45) is 0 Å². The Morgan fingerprint density at radius 3 is 2.16 bits per heavy atom. The Hall–Kier alpha value is -1.34. The molecule has 0 heterocycles. The van der Waals surface area contributed by atoms with Crippen molar-refractivity contribution >= 4 is 8.80 Å². The van der Waals surface area contributed by atoms with Crippen LogP contribution >= 0.6 is 0 Å². The maximum Gasteiger partial charge on any atom is 0.0308 e. The Kier molecular flexibility index (Phi) is 4.59. The monoisotopic (exact) mass is 268 g/mol. The van der Waals surface area contributed by atoms with E-state index in [4.69, 9.17) is 0 Å². The Morgan fingerprint density at radius 2 is 1.53 bits per heavy atom. The maximum absolute atomic E-state index is 2.43. The molecule has 2 aromatic rings. The first-order valence-corrected chi connectivity index (χ1v) is 10.4. The first-order valence-electron chi connectivity index (χ1n) is 7.23. The van der Waals surface area contributed by atoms with Gasteiger partial charge in [0.1, 0.15) is 0 Å². The van der Waals surface area contributed by atoms with Crippen molar-refractivity contribution in [3.8, 4) is 11.1 Å². The molecular weight excluding hydrogens is 244 g/mol. The highest BCUT2D eigenvalue weighted by Crippen LogP contribution is 2.27. The van der Waals surface area contributed by atoms with Crippen LogP contribution in [0.25, 0.3) is 11.1 Å². The van der Waals surface area contributed by atoms with Gasteiger partial charge in [-0.05, 0) is 48.1 Å². The minimum absolute atomic E-state index is 0.436. The summed E-state index contributed by atoms with van der Waals surface area (Å²) in [4.78, 5) is 0. The van der Waals surface area contributed by atoms with Crippen LogP contribution in [0.15, 0.2) is 42.5 Å². The molecule has 0 aliphatic heterocycles. The van der Waals surface area contributed by atoms with Gasteiger partial charge in [-0.15, -0.1) is 0 Å². The van der Waals surface area contributed by atoms with E-state index >= 15 is 0 Å². The maximum atomic E-state index is 2.43. The fourth-order valence-electron chi connectivity index (χ4n) is 2.51. The van der Waals surface area contributed by atoms with Crippen LogP contribution in [0.1, 0.15) is 16.7 Å². The number of hydrogen-bond donors (Lipinski definition) is 0. The first kappa shape index (κ1) is 14.1. The van der Waals surface area contributed by atoms with Gasteiger partial charge in [0.25, 0.3) is 0 Å². The van der Waals surface area contributed by atoms with Crippen molar-refractivity contribution in [2.75, 3.05) is 0 Å². The van der Waals surface area contributed by atoms with Gasteiger partial charge in [-0.25, -0.2) is 0 Å². The molecule has 0 fully saturated rings. The summed E-state index contributed by atoms with van der Waals surface area (Å²) in [5.41, 5.74) is 7.00. The highest BCUT2D eigenvalue weighted by Gasteiger charge is 2.06. The molecule has 0 radical (unpaired) electrons. The fraction of sp³-hybridized carbons (Fsp3) is 0.333. The summed E-state index contributed by atoms with van der Waals surface area (Å²) in [5.74, 6) is 0. The van der Waals surface area contributed by atoms with Crippen LogP contribution in [0.2, 0.25) is 19.1 Å². The van der Waals surface area contributed by atoms with E-state index in [1.807, 2.05) is 0 Å². The third-order valence-corrected chi connectivity index (χ3v) is 5.18. The van der Waals surface area contributed by atoms with Gasteiger partial charge in [0.2, 0.25) is 0 Å². The standard InChI is InChI=1S/C18H24Si/c1-14-7-5-6-8-17(14)18-10-9-16(13-15(18)2)11-12-19(3)4/h5-10,13,19H,11-12H2,1-4H3. The second kappa shape index (κ2) is 6.20. The third kappa shape index (κ3) is 3.57. The fourth-order valence-corrected chi connectivity index (χ4v) is 3.42. The zero-order chi connectivity index (χ0) is 13.8. The topological polar surface area (TPSA) is 0 Å². The Morgan fingerprint density at radius 1 is 0.842 bits per heavy atom. The van der Waals surface area contributed by atoms with E-state index < -0.39 is 8.80 Å². The van der Waals surface area contributed by atoms with Crippen LogP contribution in [-0.2, 0) is 6.42 Å². The molecule has 0 aliphatic rings. The van der Waals surface area contributed by atoms with Gasteiger partial charge in [0, 0.05) is 8.80 Å². The third-order valence-electron chi connectivity index (χ3n) is 3.74. The van der Waals surface area contributed by atoms with Crippen molar-refractivity contribution in [1.82, 2.24) is 0 Å². The lowest BCUT2D eigenvalue weighted by atomic mass is 9.95. The van der Waals surface area contributed by atoms with Crippen LogP contribution in [0, 0.1) is 13.8 Å². The van der Waals surface area contributed by atoms with E-state index in [1.165, 1.54) is 40.3 Å². The van der Waals surface area contributed by atoms with E-state index in [0.717, 1.165) is 0 Å². The lowest BCUT2D eigenvalue weighted by molar-refractivity contribution is 1.11. The first-order chi connectivity index (χ1) is 9.08. The molecule has 0 aliphatic carbocycles. The van der Waals surface area contributed by atoms with Crippen LogP contribution in [-0.4, -0.2) is 8.80 Å². The minimum atomic E-state index is -0.436. The summed E-state index contributed by atoms with van der Waals surface area (Å²) in [6, 6.07) is 17.0. The minimum Gasteiger partial charge on any atom is -0.0722 e. The summed E-state index contributed by atoms with van der Waals surface area (Å²) >= 11 is 0. The summed E-state index contributed by atoms with van der Waals surface area (Å²) in [7, 11) is -0.436. The predicted octanol–water partition coefficient (Wildman–Crippen LogP) is 5.00. The lowest BCUT2D eigenvalue weighted by Crippen LogP contribution is -2.01. The second-order valence-corrected chi connectivity index (χ2v) is 9.26. The molecule has 0 saturated carbocycles. The molecule has 0 saturated heterocycles. The zero-order valence-electron chi connectivity index (χ0n) is 12.5. The van der Waals surface area contributed by atoms with E-state index in [2.05, 4.69) is 69.4 Å². The summed E-state index contributed by atoms with van der Waals surface area (Å²) in [6.07, 6.45) is 1.25. The van der Waals surface area contributed by atoms with E-state index in [1.54, 1.807) is 0 Å². The summed E-state index contributed by atoms with van der Waals surface area (Å²) in [5, 5.41) is 0. The average molecular weight is 268 g/mol. The van der Waals surface area contributed by atoms with Crippen LogP contribution in [0.5, 0.6) is 0 Å². The van der Waals surface area contributed by atoms with Gasteiger partial charge in [-0.2, -0.15) is 0 Å². The molecule has 0 N–H and O–H groups in total. The lowest BCUT2D eigenvalue weighted by Gasteiger charge is -2.11. The molecular formula is C18H24Si. The summed E-state index contributed by atoms with van der Waals surface area (Å²) < 4.78 is 0. The van der Waals surface area contributed by atoms with Crippen molar-refractivity contribution in [3.63, 3.8) is 0 Å². The molecule has 100 valence electrons. The van der Waals surface area contributed by atoms with Crippen molar-refractivity contribution in [2.45, 2.75) is 39.4 Å². The largest absolute Gasteiger partial charge is 0.0722 e. The molecule has 0 spiro atoms. The molecule has 0 atom stereocenters. The predicted molar refractivity (Wildman–Crippen MR) is 88.7 cm³/mol. The van der Waals surface area contributed by atoms with Crippen LogP contribution in [0.4, 0.5) is 0 Å². The van der Waals surface area contributed by atoms with Gasteiger partial charge >= 0.3 is 0 Å². The van der Waals surface area contributed by atoms with Crippen molar-refractivity contribution in [3.05, 3.63) is 59.2 Å². The molecule has 1 heteroatoms. The van der Waals surface area contributed by atoms with E-state index in [-0.39, 0.29) is 0 Å². The number of benzene rings is 2. The van der Waals surface area contributed by atoms with Crippen LogP contribution in [0.3, 0.4) is 0 Å². The Balaban J connectivity index is 2.27. The normalized spacial score (nSPS) is 11.0. The number of hydrogen-bond acceptors (Lipinski definition) is 0. The van der Waals surface area contributed by atoms with Gasteiger partial charge in [-0.1, -0.05) is 61.6 Å². The zero-order valence-corrected chi connectivity index (χ0v) is 13.7. The van der Waals surface area contributed by atoms with Crippen molar-refractivity contribution < 1.29 is 0 Å². The molecule has 0 aromatic heterocycles. The smallest absolute Gasteiger partial charge is 0.0308 e. The number of aryl methyl sites for hydroxylation is 3. The van der Waals surface area contributed by atoms with Gasteiger partial charge < -0.3 is 0 Å². The molecule has 2 aromatic carbocycles. The Bertz CT molecular complexity index is 555. The molecule has 0 unspecified atom stereocenters. The Labute approximate surface area is 119 Å².